The lowest BCUT2D eigenvalue weighted by atomic mass is 10.1. The van der Waals surface area contributed by atoms with Gasteiger partial charge in [-0.25, -0.2) is 4.79 Å². The van der Waals surface area contributed by atoms with Crippen LogP contribution < -0.4 is 15.5 Å². The van der Waals surface area contributed by atoms with Gasteiger partial charge in [0.05, 0.1) is 18.9 Å². The number of benzene rings is 2. The van der Waals surface area contributed by atoms with Gasteiger partial charge in [-0.3, -0.25) is 5.43 Å². The highest BCUT2D eigenvalue weighted by Crippen LogP contribution is 2.10. The first-order chi connectivity index (χ1) is 11.6. The molecule has 7 heteroatoms. The van der Waals surface area contributed by atoms with Gasteiger partial charge in [-0.15, -0.1) is 0 Å². The Labute approximate surface area is 145 Å². The van der Waals surface area contributed by atoms with E-state index < -0.39 is 5.97 Å². The van der Waals surface area contributed by atoms with Crippen LogP contribution in [0.3, 0.4) is 0 Å². The number of carbonyl (C=O) groups is 1. The Hall–Kier alpha value is -2.93. The molecule has 2 rings (SSSR count). The molecule has 6 nitrogen and oxygen atoms in total. The van der Waals surface area contributed by atoms with Crippen LogP contribution >= 0.6 is 12.2 Å². The topological polar surface area (TPSA) is 83.0 Å². The molecule has 0 amide bonds. The molecule has 0 saturated carbocycles. The summed E-state index contributed by atoms with van der Waals surface area (Å²) in [5.41, 5.74) is 4.78. The van der Waals surface area contributed by atoms with Crippen LogP contribution in [-0.2, 0) is 6.54 Å². The van der Waals surface area contributed by atoms with Crippen molar-refractivity contribution in [2.75, 3.05) is 7.11 Å². The number of methoxy groups -OCH3 is 1. The maximum atomic E-state index is 10.8. The molecule has 0 aromatic heterocycles. The normalized spacial score (nSPS) is 10.4. The summed E-state index contributed by atoms with van der Waals surface area (Å²) in [5, 5.41) is 16.3. The van der Waals surface area contributed by atoms with Crippen LogP contribution in [0.5, 0.6) is 5.75 Å². The Kier molecular flexibility index (Phi) is 6.27. The monoisotopic (exact) mass is 343 g/mol. The third kappa shape index (κ3) is 5.36. The Morgan fingerprint density at radius 1 is 1.21 bits per heavy atom. The summed E-state index contributed by atoms with van der Waals surface area (Å²) in [4.78, 5) is 10.8. The molecule has 0 saturated heterocycles. The Bertz CT molecular complexity index is 728. The summed E-state index contributed by atoms with van der Waals surface area (Å²) in [6.45, 7) is 0.568. The van der Waals surface area contributed by atoms with Gasteiger partial charge >= 0.3 is 5.97 Å². The van der Waals surface area contributed by atoms with Crippen molar-refractivity contribution in [1.82, 2.24) is 10.7 Å². The minimum Gasteiger partial charge on any atom is -0.497 e. The third-order valence-electron chi connectivity index (χ3n) is 3.15. The van der Waals surface area contributed by atoms with Crippen molar-refractivity contribution in [2.45, 2.75) is 6.54 Å². The van der Waals surface area contributed by atoms with E-state index in [1.165, 1.54) is 12.1 Å². The van der Waals surface area contributed by atoms with E-state index in [9.17, 15) is 4.79 Å². The first kappa shape index (κ1) is 17.4. The van der Waals surface area contributed by atoms with E-state index in [2.05, 4.69) is 15.8 Å². The van der Waals surface area contributed by atoms with Crippen molar-refractivity contribution in [1.29, 1.82) is 0 Å². The fourth-order valence-electron chi connectivity index (χ4n) is 1.84. The molecule has 0 heterocycles. The lowest BCUT2D eigenvalue weighted by Crippen LogP contribution is -2.31. The molecule has 0 aliphatic carbocycles. The summed E-state index contributed by atoms with van der Waals surface area (Å²) in [5.74, 6) is -0.154. The highest BCUT2D eigenvalue weighted by molar-refractivity contribution is 7.80. The Balaban J connectivity index is 1.78. The van der Waals surface area contributed by atoms with E-state index in [-0.39, 0.29) is 5.56 Å². The molecule has 0 unspecified atom stereocenters. The van der Waals surface area contributed by atoms with Gasteiger partial charge in [0.1, 0.15) is 5.75 Å². The summed E-state index contributed by atoms with van der Waals surface area (Å²) < 4.78 is 5.10. The first-order valence-electron chi connectivity index (χ1n) is 7.11. The van der Waals surface area contributed by atoms with E-state index in [4.69, 9.17) is 22.1 Å². The van der Waals surface area contributed by atoms with Crippen molar-refractivity contribution in [3.63, 3.8) is 0 Å². The average Bonchev–Trinajstić information content (AvgIpc) is 2.61. The van der Waals surface area contributed by atoms with Gasteiger partial charge in [-0.1, -0.05) is 24.3 Å². The zero-order valence-electron chi connectivity index (χ0n) is 13.0. The lowest BCUT2D eigenvalue weighted by molar-refractivity contribution is 0.0697. The average molecular weight is 343 g/mol. The van der Waals surface area contributed by atoms with Crippen molar-refractivity contribution < 1.29 is 14.6 Å². The van der Waals surface area contributed by atoms with Crippen LogP contribution in [0.2, 0.25) is 0 Å². The number of ether oxygens (including phenoxy) is 1. The Morgan fingerprint density at radius 3 is 2.46 bits per heavy atom. The van der Waals surface area contributed by atoms with Crippen LogP contribution in [0.25, 0.3) is 0 Å². The number of carboxylic acid groups (broad SMARTS) is 1. The van der Waals surface area contributed by atoms with Gasteiger partial charge in [0, 0.05) is 6.54 Å². The van der Waals surface area contributed by atoms with Gasteiger partial charge in [-0.2, -0.15) is 5.10 Å². The number of nitrogens with zero attached hydrogens (tertiary/aromatic N) is 1. The summed E-state index contributed by atoms with van der Waals surface area (Å²) in [6.07, 6.45) is 1.56. The largest absolute Gasteiger partial charge is 0.497 e. The van der Waals surface area contributed by atoms with Gasteiger partial charge < -0.3 is 15.2 Å². The molecule has 0 fully saturated rings. The molecule has 0 atom stereocenters. The molecule has 0 spiro atoms. The maximum Gasteiger partial charge on any atom is 0.335 e. The SMILES string of the molecule is COc1ccc(CNC(=S)N/N=C\c2ccc(C(=O)O)cc2)cc1. The van der Waals surface area contributed by atoms with E-state index >= 15 is 0 Å². The second-order valence-corrected chi connectivity index (χ2v) is 5.24. The third-order valence-corrected chi connectivity index (χ3v) is 3.39. The van der Waals surface area contributed by atoms with Crippen molar-refractivity contribution >= 4 is 29.5 Å². The first-order valence-corrected chi connectivity index (χ1v) is 7.52. The lowest BCUT2D eigenvalue weighted by Gasteiger charge is -2.07. The number of hydrogen-bond donors (Lipinski definition) is 3. The molecule has 24 heavy (non-hydrogen) atoms. The zero-order chi connectivity index (χ0) is 17.4. The van der Waals surface area contributed by atoms with Gasteiger partial charge in [0.2, 0.25) is 0 Å². The van der Waals surface area contributed by atoms with E-state index in [1.807, 2.05) is 24.3 Å². The standard InChI is InChI=1S/C17H17N3O3S/c1-23-15-8-4-12(5-9-15)10-18-17(24)20-19-11-13-2-6-14(7-3-13)16(21)22/h2-9,11H,10H2,1H3,(H,21,22)(H2,18,20,24)/b19-11-. The van der Waals surface area contributed by atoms with Gasteiger partial charge in [0.15, 0.2) is 5.11 Å². The minimum absolute atomic E-state index is 0.233. The number of carboxylic acids is 1. The number of aromatic carboxylic acids is 1. The highest BCUT2D eigenvalue weighted by Gasteiger charge is 2.00. The fourth-order valence-corrected chi connectivity index (χ4v) is 1.97. The van der Waals surface area contributed by atoms with Crippen LogP contribution in [0.15, 0.2) is 53.6 Å². The molecule has 0 bridgehead atoms. The molecule has 2 aromatic carbocycles. The molecule has 3 N–H and O–H groups in total. The van der Waals surface area contributed by atoms with E-state index in [1.54, 1.807) is 25.5 Å². The predicted molar refractivity (Wildman–Crippen MR) is 96.6 cm³/mol. The molecular weight excluding hydrogens is 326 g/mol. The van der Waals surface area contributed by atoms with Crippen molar-refractivity contribution in [3.8, 4) is 5.75 Å². The number of nitrogens with one attached hydrogen (secondary N) is 2. The van der Waals surface area contributed by atoms with Crippen LogP contribution in [0.4, 0.5) is 0 Å². The Morgan fingerprint density at radius 2 is 1.88 bits per heavy atom. The summed E-state index contributed by atoms with van der Waals surface area (Å²) in [6, 6.07) is 14.0. The van der Waals surface area contributed by atoms with Gasteiger partial charge in [0.25, 0.3) is 0 Å². The van der Waals surface area contributed by atoms with E-state index in [0.29, 0.717) is 11.7 Å². The van der Waals surface area contributed by atoms with Crippen LogP contribution in [-0.4, -0.2) is 29.5 Å². The van der Waals surface area contributed by atoms with E-state index in [0.717, 1.165) is 16.9 Å². The second kappa shape index (κ2) is 8.64. The number of thiocarbonyl (C=S) groups is 1. The zero-order valence-corrected chi connectivity index (χ0v) is 13.8. The molecule has 2 aromatic rings. The number of rotatable bonds is 6. The molecule has 0 aliphatic heterocycles. The van der Waals surface area contributed by atoms with Crippen LogP contribution in [0.1, 0.15) is 21.5 Å². The second-order valence-electron chi connectivity index (χ2n) is 4.83. The van der Waals surface area contributed by atoms with Crippen LogP contribution in [0, 0.1) is 0 Å². The minimum atomic E-state index is -0.958. The fraction of sp³-hybridized carbons (Fsp3) is 0.118. The molecule has 0 aliphatic rings. The number of hydrogen-bond acceptors (Lipinski definition) is 4. The maximum absolute atomic E-state index is 10.8. The quantitative estimate of drug-likeness (QED) is 0.424. The summed E-state index contributed by atoms with van der Waals surface area (Å²) >= 11 is 5.13. The number of hydrazone groups is 1. The smallest absolute Gasteiger partial charge is 0.335 e. The van der Waals surface area contributed by atoms with Gasteiger partial charge in [-0.05, 0) is 47.6 Å². The summed E-state index contributed by atoms with van der Waals surface area (Å²) in [7, 11) is 1.62. The van der Waals surface area contributed by atoms with Crippen molar-refractivity contribution in [3.05, 3.63) is 65.2 Å². The highest BCUT2D eigenvalue weighted by atomic mass is 32.1. The molecular formula is C17H17N3O3S. The molecule has 0 radical (unpaired) electrons. The van der Waals surface area contributed by atoms with Crippen molar-refractivity contribution in [2.24, 2.45) is 5.10 Å². The predicted octanol–water partition coefficient (Wildman–Crippen LogP) is 2.39. The molecule has 124 valence electrons.